The molecule has 1 unspecified atom stereocenters. The molecule has 2 nitrogen and oxygen atoms in total. The molecule has 0 saturated carbocycles. The predicted molar refractivity (Wildman–Crippen MR) is 121 cm³/mol. The second kappa shape index (κ2) is 7.20. The van der Waals surface area contributed by atoms with Gasteiger partial charge < -0.3 is 10.6 Å². The van der Waals surface area contributed by atoms with E-state index in [0.717, 1.165) is 5.70 Å². The van der Waals surface area contributed by atoms with Gasteiger partial charge in [0.25, 0.3) is 0 Å². The van der Waals surface area contributed by atoms with Crippen LogP contribution in [0.15, 0.2) is 78.9 Å². The van der Waals surface area contributed by atoms with Crippen molar-refractivity contribution < 1.29 is 0 Å². The maximum atomic E-state index is 3.72. The van der Waals surface area contributed by atoms with Crippen LogP contribution in [0.4, 0.5) is 11.4 Å². The minimum absolute atomic E-state index is 0.216. The third-order valence-corrected chi connectivity index (χ3v) is 5.50. The van der Waals surface area contributed by atoms with Crippen LogP contribution in [0.25, 0.3) is 5.70 Å². The largest absolute Gasteiger partial charge is 0.383 e. The fraction of sp³-hybridized carbons (Fsp3) is 0.231. The fourth-order valence-electron chi connectivity index (χ4n) is 4.11. The van der Waals surface area contributed by atoms with E-state index >= 15 is 0 Å². The molecule has 2 N–H and O–H groups in total. The third-order valence-electron chi connectivity index (χ3n) is 5.50. The van der Waals surface area contributed by atoms with Gasteiger partial charge in [0.15, 0.2) is 0 Å². The average Bonchev–Trinajstić information content (AvgIpc) is 2.69. The van der Waals surface area contributed by atoms with Crippen molar-refractivity contribution in [3.05, 3.63) is 101 Å². The van der Waals surface area contributed by atoms with E-state index in [1.165, 1.54) is 33.6 Å². The third kappa shape index (κ3) is 3.31. The number of rotatable bonds is 4. The van der Waals surface area contributed by atoms with Gasteiger partial charge in [-0.3, -0.25) is 0 Å². The number of fused-ring (bicyclic) bond motifs is 1. The summed E-state index contributed by atoms with van der Waals surface area (Å²) in [7, 11) is 0. The lowest BCUT2D eigenvalue weighted by molar-refractivity contribution is 0.720. The summed E-state index contributed by atoms with van der Waals surface area (Å²) < 4.78 is 0. The summed E-state index contributed by atoms with van der Waals surface area (Å²) >= 11 is 0. The van der Waals surface area contributed by atoms with Crippen molar-refractivity contribution in [3.8, 4) is 0 Å². The molecule has 0 saturated heterocycles. The first-order valence-corrected chi connectivity index (χ1v) is 10.00. The van der Waals surface area contributed by atoms with E-state index in [1.807, 2.05) is 0 Å². The molecule has 0 aliphatic carbocycles. The molecule has 0 radical (unpaired) electrons. The Bertz CT molecular complexity index is 1000. The van der Waals surface area contributed by atoms with Gasteiger partial charge in [-0.05, 0) is 68.2 Å². The number of aryl methyl sites for hydroxylation is 1. The van der Waals surface area contributed by atoms with E-state index in [-0.39, 0.29) is 5.41 Å². The minimum atomic E-state index is -0.216. The van der Waals surface area contributed by atoms with Crippen molar-refractivity contribution in [2.45, 2.75) is 39.2 Å². The van der Waals surface area contributed by atoms with Crippen molar-refractivity contribution in [2.75, 3.05) is 10.6 Å². The topological polar surface area (TPSA) is 24.1 Å². The summed E-state index contributed by atoms with van der Waals surface area (Å²) in [5, 5.41) is 7.30. The van der Waals surface area contributed by atoms with Gasteiger partial charge in [0.05, 0.1) is 0 Å². The molecule has 1 atom stereocenters. The van der Waals surface area contributed by atoms with Gasteiger partial charge in [-0.25, -0.2) is 0 Å². The smallest absolute Gasteiger partial charge is 0.0460 e. The number of anilines is 2. The second-order valence-electron chi connectivity index (χ2n) is 8.13. The van der Waals surface area contributed by atoms with Crippen molar-refractivity contribution in [1.82, 2.24) is 0 Å². The summed E-state index contributed by atoms with van der Waals surface area (Å²) in [5.74, 6) is 0. The lowest BCUT2D eigenvalue weighted by Gasteiger charge is -2.37. The molecule has 0 amide bonds. The first kappa shape index (κ1) is 18.4. The monoisotopic (exact) mass is 368 g/mol. The summed E-state index contributed by atoms with van der Waals surface area (Å²) in [5.41, 5.74) is 8.39. The Morgan fingerprint density at radius 1 is 0.893 bits per heavy atom. The Morgan fingerprint density at radius 2 is 1.54 bits per heavy atom. The summed E-state index contributed by atoms with van der Waals surface area (Å²) in [6.07, 6.45) is 2.37. The van der Waals surface area contributed by atoms with Crippen LogP contribution in [-0.2, 0) is 5.41 Å². The van der Waals surface area contributed by atoms with Gasteiger partial charge >= 0.3 is 0 Å². The van der Waals surface area contributed by atoms with Gasteiger partial charge in [-0.15, -0.1) is 0 Å². The van der Waals surface area contributed by atoms with Crippen molar-refractivity contribution in [2.24, 2.45) is 0 Å². The fourth-order valence-corrected chi connectivity index (χ4v) is 4.11. The Kier molecular flexibility index (Phi) is 4.72. The van der Waals surface area contributed by atoms with E-state index in [1.54, 1.807) is 0 Å². The lowest BCUT2D eigenvalue weighted by Crippen LogP contribution is -2.28. The summed E-state index contributed by atoms with van der Waals surface area (Å²) in [6, 6.07) is 26.3. The molecule has 1 heterocycles. The second-order valence-corrected chi connectivity index (χ2v) is 8.13. The zero-order valence-electron chi connectivity index (χ0n) is 17.1. The highest BCUT2D eigenvalue weighted by molar-refractivity contribution is 5.87. The quantitative estimate of drug-likeness (QED) is 0.543. The summed E-state index contributed by atoms with van der Waals surface area (Å²) in [4.78, 5) is 0. The van der Waals surface area contributed by atoms with E-state index in [2.05, 4.69) is 117 Å². The Balaban J connectivity index is 1.93. The number of nitrogens with one attached hydrogen (secondary N) is 2. The van der Waals surface area contributed by atoms with Gasteiger partial charge in [-0.1, -0.05) is 60.7 Å². The van der Waals surface area contributed by atoms with E-state index in [4.69, 9.17) is 0 Å². The number of allylic oxidation sites excluding steroid dienone is 1. The molecule has 28 heavy (non-hydrogen) atoms. The van der Waals surface area contributed by atoms with Crippen molar-refractivity contribution >= 4 is 17.1 Å². The molecule has 3 aromatic carbocycles. The Hall–Kier alpha value is -3.00. The van der Waals surface area contributed by atoms with Crippen molar-refractivity contribution in [3.63, 3.8) is 0 Å². The predicted octanol–water partition coefficient (Wildman–Crippen LogP) is 6.59. The highest BCUT2D eigenvalue weighted by Crippen LogP contribution is 2.46. The van der Waals surface area contributed by atoms with Crippen LogP contribution in [0, 0.1) is 6.92 Å². The minimum Gasteiger partial charge on any atom is -0.383 e. The molecule has 142 valence electrons. The molecule has 0 fully saturated rings. The molecule has 2 heteroatoms. The Morgan fingerprint density at radius 3 is 2.18 bits per heavy atom. The van der Waals surface area contributed by atoms with Crippen molar-refractivity contribution in [1.29, 1.82) is 0 Å². The normalized spacial score (nSPS) is 18.2. The highest BCUT2D eigenvalue weighted by atomic mass is 14.9. The molecule has 0 bridgehead atoms. The number of hydrogen-bond acceptors (Lipinski definition) is 2. The molecule has 0 spiro atoms. The maximum absolute atomic E-state index is 3.72. The van der Waals surface area contributed by atoms with E-state index in [0.29, 0.717) is 6.04 Å². The van der Waals surface area contributed by atoms with Crippen LogP contribution in [0.2, 0.25) is 0 Å². The van der Waals surface area contributed by atoms with Gasteiger partial charge in [0.2, 0.25) is 0 Å². The van der Waals surface area contributed by atoms with Crippen LogP contribution < -0.4 is 10.6 Å². The van der Waals surface area contributed by atoms with E-state index in [9.17, 15) is 0 Å². The first-order chi connectivity index (χ1) is 13.5. The van der Waals surface area contributed by atoms with Crippen LogP contribution >= 0.6 is 0 Å². The summed E-state index contributed by atoms with van der Waals surface area (Å²) in [6.45, 7) is 8.87. The lowest BCUT2D eigenvalue weighted by atomic mass is 9.72. The average molecular weight is 369 g/mol. The molecule has 4 rings (SSSR count). The van der Waals surface area contributed by atoms with Gasteiger partial charge in [-0.2, -0.15) is 0 Å². The van der Waals surface area contributed by atoms with Crippen LogP contribution in [0.3, 0.4) is 0 Å². The Labute approximate surface area is 168 Å². The maximum Gasteiger partial charge on any atom is 0.0460 e. The molecule has 1 aliphatic rings. The van der Waals surface area contributed by atoms with Crippen LogP contribution in [0.1, 0.15) is 43.0 Å². The molecule has 0 aromatic heterocycles. The SMILES string of the molecule is Cc1cc(NC(C)C)cc2c1NC(c1ccccc1)=CC2(C)c1ccccc1. The standard InChI is InChI=1S/C26H28N2/c1-18(2)27-22-15-19(3)25-23(16-22)26(4,21-13-9-6-10-14-21)17-24(28-25)20-11-7-5-8-12-20/h5-18,27-28H,1-4H3. The molecule has 1 aliphatic heterocycles. The molecular weight excluding hydrogens is 340 g/mol. The highest BCUT2D eigenvalue weighted by Gasteiger charge is 2.34. The first-order valence-electron chi connectivity index (χ1n) is 10.00. The van der Waals surface area contributed by atoms with Gasteiger partial charge in [0.1, 0.15) is 0 Å². The van der Waals surface area contributed by atoms with Crippen LogP contribution in [-0.4, -0.2) is 6.04 Å². The molecular formula is C26H28N2. The zero-order valence-corrected chi connectivity index (χ0v) is 17.1. The van der Waals surface area contributed by atoms with E-state index < -0.39 is 0 Å². The number of benzene rings is 3. The molecule has 3 aromatic rings. The zero-order chi connectivity index (χ0) is 19.7. The van der Waals surface area contributed by atoms with Gasteiger partial charge in [0, 0.05) is 28.5 Å². The van der Waals surface area contributed by atoms with Crippen LogP contribution in [0.5, 0.6) is 0 Å². The number of hydrogen-bond donors (Lipinski definition) is 2.